The van der Waals surface area contributed by atoms with Crippen LogP contribution < -0.4 is 5.32 Å². The number of ether oxygens (including phenoxy) is 1. The van der Waals surface area contributed by atoms with Gasteiger partial charge in [0.2, 0.25) is 0 Å². The summed E-state index contributed by atoms with van der Waals surface area (Å²) < 4.78 is 27.3. The van der Waals surface area contributed by atoms with E-state index in [4.69, 9.17) is 15.4 Å². The molecular weight excluding hydrogens is 322 g/mol. The first-order valence-electron chi connectivity index (χ1n) is 5.96. The van der Waals surface area contributed by atoms with Gasteiger partial charge in [0.25, 0.3) is 15.0 Å². The molecule has 1 N–H and O–H groups in total. The quantitative estimate of drug-likeness (QED) is 0.774. The number of methoxy groups -OCH3 is 1. The molecule has 0 saturated carbocycles. The minimum atomic E-state index is -3.78. The van der Waals surface area contributed by atoms with E-state index in [2.05, 4.69) is 5.32 Å². The van der Waals surface area contributed by atoms with Crippen molar-refractivity contribution in [3.63, 3.8) is 0 Å². The summed E-state index contributed by atoms with van der Waals surface area (Å²) >= 11 is 0.931. The van der Waals surface area contributed by atoms with Crippen LogP contribution in [0.2, 0.25) is 0 Å². The van der Waals surface area contributed by atoms with E-state index in [9.17, 15) is 13.2 Å². The Balaban J connectivity index is 2.62. The monoisotopic (exact) mass is 339 g/mol. The Morgan fingerprint density at radius 1 is 1.50 bits per heavy atom. The summed E-state index contributed by atoms with van der Waals surface area (Å²) in [6.07, 6.45) is 0.814. The summed E-state index contributed by atoms with van der Waals surface area (Å²) in [5.74, 6) is -0.307. The Bertz CT molecular complexity index is 566. The molecule has 0 saturated heterocycles. The first-order valence-corrected chi connectivity index (χ1v) is 9.15. The van der Waals surface area contributed by atoms with E-state index in [1.165, 1.54) is 11.4 Å². The molecule has 0 unspecified atom stereocenters. The van der Waals surface area contributed by atoms with Crippen LogP contribution in [0.4, 0.5) is 0 Å². The van der Waals surface area contributed by atoms with Gasteiger partial charge >= 0.3 is 0 Å². The zero-order valence-electron chi connectivity index (χ0n) is 11.6. The number of amides is 1. The maximum Gasteiger partial charge on any atom is 0.270 e. The molecule has 8 heteroatoms. The maximum atomic E-state index is 11.9. The Morgan fingerprint density at radius 2 is 2.15 bits per heavy atom. The van der Waals surface area contributed by atoms with Gasteiger partial charge in [-0.1, -0.05) is 13.8 Å². The third-order valence-corrected chi connectivity index (χ3v) is 5.83. The second kappa shape index (κ2) is 6.89. The van der Waals surface area contributed by atoms with Gasteiger partial charge in [0.1, 0.15) is 4.21 Å². The van der Waals surface area contributed by atoms with Crippen molar-refractivity contribution in [2.75, 3.05) is 20.3 Å². The van der Waals surface area contributed by atoms with Crippen molar-refractivity contribution in [1.82, 2.24) is 5.32 Å². The Labute approximate surface area is 127 Å². The summed E-state index contributed by atoms with van der Waals surface area (Å²) in [6.45, 7) is 5.15. The van der Waals surface area contributed by atoms with Crippen LogP contribution in [0.1, 0.15) is 30.6 Å². The molecule has 1 amide bonds. The number of carbonyl (C=O) groups excluding carboxylic acids is 1. The summed E-state index contributed by atoms with van der Waals surface area (Å²) in [5.41, 5.74) is 0.208. The smallest absolute Gasteiger partial charge is 0.270 e. The van der Waals surface area contributed by atoms with Crippen LogP contribution in [0.25, 0.3) is 0 Å². The van der Waals surface area contributed by atoms with E-state index < -0.39 is 9.05 Å². The van der Waals surface area contributed by atoms with Crippen LogP contribution in [0.5, 0.6) is 0 Å². The highest BCUT2D eigenvalue weighted by atomic mass is 35.7. The first-order chi connectivity index (χ1) is 9.15. The lowest BCUT2D eigenvalue weighted by molar-refractivity contribution is 0.0921. The number of nitrogens with one attached hydrogen (secondary N) is 1. The van der Waals surface area contributed by atoms with Crippen molar-refractivity contribution >= 4 is 37.0 Å². The Kier molecular flexibility index (Phi) is 6.00. The molecule has 0 aromatic carbocycles. The third-order valence-electron chi connectivity index (χ3n) is 2.79. The number of carbonyl (C=O) groups is 1. The SMILES string of the molecule is COCCC(C)(C)CNC(=O)c1csc(S(=O)(=O)Cl)c1. The zero-order chi connectivity index (χ0) is 15.4. The average molecular weight is 340 g/mol. The van der Waals surface area contributed by atoms with Gasteiger partial charge in [-0.2, -0.15) is 0 Å². The number of halogens is 1. The van der Waals surface area contributed by atoms with Gasteiger partial charge in [0.05, 0.1) is 5.56 Å². The van der Waals surface area contributed by atoms with Crippen LogP contribution in [0.3, 0.4) is 0 Å². The van der Waals surface area contributed by atoms with Gasteiger partial charge in [-0.3, -0.25) is 4.79 Å². The zero-order valence-corrected chi connectivity index (χ0v) is 14.0. The van der Waals surface area contributed by atoms with E-state index in [0.29, 0.717) is 18.7 Å². The van der Waals surface area contributed by atoms with E-state index in [1.807, 2.05) is 13.8 Å². The highest BCUT2D eigenvalue weighted by Gasteiger charge is 2.21. The van der Waals surface area contributed by atoms with Crippen molar-refractivity contribution in [1.29, 1.82) is 0 Å². The van der Waals surface area contributed by atoms with Crippen molar-refractivity contribution in [2.45, 2.75) is 24.5 Å². The van der Waals surface area contributed by atoms with Gasteiger partial charge in [-0.25, -0.2) is 8.42 Å². The topological polar surface area (TPSA) is 72.5 Å². The molecule has 1 rings (SSSR count). The lowest BCUT2D eigenvalue weighted by Gasteiger charge is -2.24. The molecule has 0 atom stereocenters. The Hall–Kier alpha value is -0.630. The van der Waals surface area contributed by atoms with Crippen LogP contribution >= 0.6 is 22.0 Å². The molecule has 20 heavy (non-hydrogen) atoms. The molecule has 0 aliphatic heterocycles. The summed E-state index contributed by atoms with van der Waals surface area (Å²) in [7, 11) is 3.08. The third kappa shape index (κ3) is 5.40. The van der Waals surface area contributed by atoms with Crippen molar-refractivity contribution in [2.24, 2.45) is 5.41 Å². The van der Waals surface area contributed by atoms with Gasteiger partial charge in [-0.15, -0.1) is 11.3 Å². The molecule has 0 aliphatic carbocycles. The van der Waals surface area contributed by atoms with Crippen molar-refractivity contribution in [3.05, 3.63) is 17.0 Å². The number of thiophene rings is 1. The molecule has 114 valence electrons. The predicted octanol–water partition coefficient (Wildman–Crippen LogP) is 2.47. The second-order valence-electron chi connectivity index (χ2n) is 5.18. The second-order valence-corrected chi connectivity index (χ2v) is 8.89. The van der Waals surface area contributed by atoms with E-state index >= 15 is 0 Å². The molecule has 0 bridgehead atoms. The van der Waals surface area contributed by atoms with Crippen molar-refractivity contribution < 1.29 is 17.9 Å². The Morgan fingerprint density at radius 3 is 2.65 bits per heavy atom. The highest BCUT2D eigenvalue weighted by molar-refractivity contribution is 8.15. The fourth-order valence-electron chi connectivity index (χ4n) is 1.45. The van der Waals surface area contributed by atoms with Gasteiger partial charge in [-0.05, 0) is 17.9 Å². The summed E-state index contributed by atoms with van der Waals surface area (Å²) in [6, 6.07) is 1.28. The van der Waals surface area contributed by atoms with Crippen LogP contribution in [0, 0.1) is 5.41 Å². The predicted molar refractivity (Wildman–Crippen MR) is 80.0 cm³/mol. The number of hydrogen-bond donors (Lipinski definition) is 1. The molecule has 0 fully saturated rings. The fourth-order valence-corrected chi connectivity index (χ4v) is 3.40. The highest BCUT2D eigenvalue weighted by Crippen LogP contribution is 2.24. The molecule has 0 spiro atoms. The van der Waals surface area contributed by atoms with Crippen LogP contribution in [0.15, 0.2) is 15.7 Å². The molecule has 1 heterocycles. The van der Waals surface area contributed by atoms with Crippen LogP contribution in [-0.2, 0) is 13.8 Å². The lowest BCUT2D eigenvalue weighted by Crippen LogP contribution is -2.34. The minimum absolute atomic E-state index is 0.0250. The number of rotatable bonds is 7. The lowest BCUT2D eigenvalue weighted by atomic mass is 9.89. The normalized spacial score (nSPS) is 12.4. The first kappa shape index (κ1) is 17.4. The van der Waals surface area contributed by atoms with E-state index in [-0.39, 0.29) is 15.5 Å². The van der Waals surface area contributed by atoms with Crippen molar-refractivity contribution in [3.8, 4) is 0 Å². The summed E-state index contributed by atoms with van der Waals surface area (Å²) in [5, 5.41) is 4.27. The molecule has 0 aliphatic rings. The molecule has 1 aromatic rings. The molecule has 5 nitrogen and oxygen atoms in total. The maximum absolute atomic E-state index is 11.9. The standard InChI is InChI=1S/C12H18ClNO4S2/c1-12(2,4-5-18-3)8-14-11(15)9-6-10(19-7-9)20(13,16)17/h6-7H,4-5,8H2,1-3H3,(H,14,15). The van der Waals surface area contributed by atoms with E-state index in [1.54, 1.807) is 7.11 Å². The fraction of sp³-hybridized carbons (Fsp3) is 0.583. The number of hydrogen-bond acceptors (Lipinski definition) is 5. The minimum Gasteiger partial charge on any atom is -0.385 e. The van der Waals surface area contributed by atoms with Gasteiger partial charge < -0.3 is 10.1 Å². The van der Waals surface area contributed by atoms with Crippen LogP contribution in [-0.4, -0.2) is 34.6 Å². The molecule has 1 aromatic heterocycles. The molecular formula is C12H18ClNO4S2. The molecule has 0 radical (unpaired) electrons. The van der Waals surface area contributed by atoms with Gasteiger partial charge in [0.15, 0.2) is 0 Å². The largest absolute Gasteiger partial charge is 0.385 e. The van der Waals surface area contributed by atoms with Gasteiger partial charge in [0, 0.05) is 36.3 Å². The van der Waals surface area contributed by atoms with E-state index in [0.717, 1.165) is 17.8 Å². The summed E-state index contributed by atoms with van der Waals surface area (Å²) in [4.78, 5) is 11.9. The average Bonchev–Trinajstić information content (AvgIpc) is 2.83.